The highest BCUT2D eigenvalue weighted by atomic mass is 32.2. The third-order valence-electron chi connectivity index (χ3n) is 2.92. The van der Waals surface area contributed by atoms with Crippen molar-refractivity contribution in [2.75, 3.05) is 0 Å². The summed E-state index contributed by atoms with van der Waals surface area (Å²) in [6.45, 7) is 3.68. The molecule has 1 aromatic heterocycles. The van der Waals surface area contributed by atoms with Gasteiger partial charge in [-0.25, -0.2) is 13.4 Å². The third-order valence-corrected chi connectivity index (χ3v) is 5.18. The van der Waals surface area contributed by atoms with Gasteiger partial charge in [-0.2, -0.15) is 4.72 Å². The molecule has 2 N–H and O–H groups in total. The molecule has 1 aromatic carbocycles. The van der Waals surface area contributed by atoms with E-state index in [0.717, 1.165) is 10.2 Å². The van der Waals surface area contributed by atoms with Crippen molar-refractivity contribution in [1.29, 1.82) is 0 Å². The average molecular weight is 328 g/mol. The van der Waals surface area contributed by atoms with Gasteiger partial charge in [-0.3, -0.25) is 4.79 Å². The van der Waals surface area contributed by atoms with Crippen molar-refractivity contribution >= 4 is 37.5 Å². The summed E-state index contributed by atoms with van der Waals surface area (Å²) in [5.74, 6) is -1.11. The number of aromatic nitrogens is 1. The molecule has 0 aliphatic heterocycles. The topological polar surface area (TPSA) is 96.4 Å². The molecule has 21 heavy (non-hydrogen) atoms. The van der Waals surface area contributed by atoms with Gasteiger partial charge in [-0.15, -0.1) is 11.3 Å². The van der Waals surface area contributed by atoms with Gasteiger partial charge < -0.3 is 5.11 Å². The van der Waals surface area contributed by atoms with Crippen molar-refractivity contribution in [2.45, 2.75) is 31.2 Å². The lowest BCUT2D eigenvalue weighted by molar-refractivity contribution is -0.139. The van der Waals surface area contributed by atoms with Gasteiger partial charge in [0.15, 0.2) is 0 Å². The highest BCUT2D eigenvalue weighted by Gasteiger charge is 2.26. The summed E-state index contributed by atoms with van der Waals surface area (Å²) < 4.78 is 27.6. The summed E-state index contributed by atoms with van der Waals surface area (Å²) in [7, 11) is -3.87. The molecule has 0 aliphatic carbocycles. The monoisotopic (exact) mass is 328 g/mol. The summed E-state index contributed by atoms with van der Waals surface area (Å²) in [5, 5.41) is 9.14. The van der Waals surface area contributed by atoms with Gasteiger partial charge in [0, 0.05) is 0 Å². The van der Waals surface area contributed by atoms with E-state index >= 15 is 0 Å². The number of carboxylic acid groups (broad SMARTS) is 1. The predicted octanol–water partition coefficient (Wildman–Crippen LogP) is 2.07. The number of sulfonamides is 1. The Bertz CT molecular complexity index is 752. The Kier molecular flexibility index (Phi) is 4.60. The molecule has 0 bridgehead atoms. The van der Waals surface area contributed by atoms with Crippen LogP contribution in [0.15, 0.2) is 28.6 Å². The van der Waals surface area contributed by atoms with E-state index in [1.807, 2.05) is 13.8 Å². The van der Waals surface area contributed by atoms with Crippen molar-refractivity contribution in [3.63, 3.8) is 0 Å². The third kappa shape index (κ3) is 3.78. The van der Waals surface area contributed by atoms with E-state index in [4.69, 9.17) is 5.11 Å². The van der Waals surface area contributed by atoms with Crippen molar-refractivity contribution in [1.82, 2.24) is 9.71 Å². The molecule has 8 heteroatoms. The van der Waals surface area contributed by atoms with Crippen molar-refractivity contribution in [3.8, 4) is 0 Å². The van der Waals surface area contributed by atoms with Crippen molar-refractivity contribution in [3.05, 3.63) is 23.7 Å². The van der Waals surface area contributed by atoms with Crippen LogP contribution in [0.1, 0.15) is 20.3 Å². The van der Waals surface area contributed by atoms with E-state index in [0.29, 0.717) is 0 Å². The Labute approximate surface area is 126 Å². The van der Waals surface area contributed by atoms with E-state index in [1.54, 1.807) is 11.6 Å². The van der Waals surface area contributed by atoms with Crippen LogP contribution in [0.5, 0.6) is 0 Å². The van der Waals surface area contributed by atoms with Gasteiger partial charge in [-0.05, 0) is 30.5 Å². The lowest BCUT2D eigenvalue weighted by Crippen LogP contribution is -2.41. The standard InChI is InChI=1S/C13H16N2O4S2/c1-8(2)5-11(13(16)17)15-21(18,19)9-3-4-10-12(6-9)20-7-14-10/h3-4,6-8,11,15H,5H2,1-2H3,(H,16,17). The van der Waals surface area contributed by atoms with Crippen LogP contribution in [-0.4, -0.2) is 30.5 Å². The van der Waals surface area contributed by atoms with E-state index in [-0.39, 0.29) is 17.2 Å². The van der Waals surface area contributed by atoms with Crippen LogP contribution < -0.4 is 4.72 Å². The van der Waals surface area contributed by atoms with Crippen LogP contribution >= 0.6 is 11.3 Å². The minimum Gasteiger partial charge on any atom is -0.480 e. The van der Waals surface area contributed by atoms with Crippen LogP contribution in [0.25, 0.3) is 10.2 Å². The van der Waals surface area contributed by atoms with E-state index in [9.17, 15) is 13.2 Å². The molecule has 1 heterocycles. The zero-order valence-corrected chi connectivity index (χ0v) is 13.2. The van der Waals surface area contributed by atoms with Gasteiger partial charge in [0.05, 0.1) is 20.6 Å². The molecule has 0 fully saturated rings. The van der Waals surface area contributed by atoms with Crippen molar-refractivity contribution < 1.29 is 18.3 Å². The molecule has 1 atom stereocenters. The van der Waals surface area contributed by atoms with Gasteiger partial charge in [-0.1, -0.05) is 13.8 Å². The molecule has 114 valence electrons. The first-order valence-corrected chi connectivity index (χ1v) is 8.74. The number of carboxylic acids is 1. The number of carbonyl (C=O) groups is 1. The molecule has 0 saturated heterocycles. The van der Waals surface area contributed by atoms with Crippen LogP contribution in [0, 0.1) is 5.92 Å². The van der Waals surface area contributed by atoms with Gasteiger partial charge in [0.2, 0.25) is 10.0 Å². The zero-order chi connectivity index (χ0) is 15.6. The number of nitrogens with zero attached hydrogens (tertiary/aromatic N) is 1. The highest BCUT2D eigenvalue weighted by Crippen LogP contribution is 2.22. The highest BCUT2D eigenvalue weighted by molar-refractivity contribution is 7.89. The Hall–Kier alpha value is -1.51. The number of hydrogen-bond acceptors (Lipinski definition) is 5. The smallest absolute Gasteiger partial charge is 0.321 e. The fourth-order valence-electron chi connectivity index (χ4n) is 1.93. The maximum atomic E-state index is 12.3. The second-order valence-corrected chi connectivity index (χ2v) is 7.72. The number of fused-ring (bicyclic) bond motifs is 1. The molecule has 1 unspecified atom stereocenters. The summed E-state index contributed by atoms with van der Waals surface area (Å²) in [4.78, 5) is 15.3. The first-order chi connectivity index (χ1) is 9.79. The molecule has 2 rings (SSSR count). The molecular formula is C13H16N2O4S2. The molecular weight excluding hydrogens is 312 g/mol. The Morgan fingerprint density at radius 3 is 2.76 bits per heavy atom. The average Bonchev–Trinajstić information content (AvgIpc) is 2.84. The molecule has 6 nitrogen and oxygen atoms in total. The quantitative estimate of drug-likeness (QED) is 0.846. The minimum atomic E-state index is -3.87. The Balaban J connectivity index is 2.29. The summed E-state index contributed by atoms with van der Waals surface area (Å²) in [6.07, 6.45) is 0.233. The lowest BCUT2D eigenvalue weighted by Gasteiger charge is -2.16. The molecule has 0 amide bonds. The normalized spacial score (nSPS) is 13.7. The van der Waals surface area contributed by atoms with E-state index in [1.165, 1.54) is 23.5 Å². The SMILES string of the molecule is CC(C)CC(NS(=O)(=O)c1ccc2ncsc2c1)C(=O)O. The number of aliphatic carboxylic acids is 1. The maximum Gasteiger partial charge on any atom is 0.321 e. The fourth-order valence-corrected chi connectivity index (χ4v) is 3.95. The van der Waals surface area contributed by atoms with Crippen LogP contribution in [-0.2, 0) is 14.8 Å². The first kappa shape index (κ1) is 15.9. The molecule has 0 radical (unpaired) electrons. The second-order valence-electron chi connectivity index (χ2n) is 5.12. The van der Waals surface area contributed by atoms with Crippen LogP contribution in [0.2, 0.25) is 0 Å². The van der Waals surface area contributed by atoms with Crippen molar-refractivity contribution in [2.24, 2.45) is 5.92 Å². The van der Waals surface area contributed by atoms with Gasteiger partial charge in [0.25, 0.3) is 0 Å². The summed E-state index contributed by atoms with van der Waals surface area (Å²) in [6, 6.07) is 3.41. The minimum absolute atomic E-state index is 0.0502. The summed E-state index contributed by atoms with van der Waals surface area (Å²) >= 11 is 1.33. The van der Waals surface area contributed by atoms with Crippen LogP contribution in [0.3, 0.4) is 0 Å². The van der Waals surface area contributed by atoms with Crippen LogP contribution in [0.4, 0.5) is 0 Å². The number of hydrogen-bond donors (Lipinski definition) is 2. The zero-order valence-electron chi connectivity index (χ0n) is 11.6. The second kappa shape index (κ2) is 6.08. The number of rotatable bonds is 6. The molecule has 0 spiro atoms. The fraction of sp³-hybridized carbons (Fsp3) is 0.385. The lowest BCUT2D eigenvalue weighted by atomic mass is 10.1. The first-order valence-electron chi connectivity index (χ1n) is 6.38. The summed E-state index contributed by atoms with van der Waals surface area (Å²) in [5.41, 5.74) is 2.35. The predicted molar refractivity (Wildman–Crippen MR) is 80.8 cm³/mol. The largest absolute Gasteiger partial charge is 0.480 e. The maximum absolute atomic E-state index is 12.3. The van der Waals surface area contributed by atoms with E-state index in [2.05, 4.69) is 9.71 Å². The number of nitrogens with one attached hydrogen (secondary N) is 1. The number of thiazole rings is 1. The molecule has 0 aliphatic rings. The molecule has 2 aromatic rings. The van der Waals surface area contributed by atoms with E-state index < -0.39 is 22.0 Å². The molecule has 0 saturated carbocycles. The Morgan fingerprint density at radius 1 is 1.43 bits per heavy atom. The van der Waals surface area contributed by atoms with Gasteiger partial charge in [0.1, 0.15) is 6.04 Å². The number of benzene rings is 1. The Morgan fingerprint density at radius 2 is 2.14 bits per heavy atom. The van der Waals surface area contributed by atoms with Gasteiger partial charge >= 0.3 is 5.97 Å².